The average Bonchev–Trinajstić information content (AvgIpc) is 3.48. The van der Waals surface area contributed by atoms with Crippen LogP contribution in [0.4, 0.5) is 5.69 Å². The number of carbonyl (C=O) groups excluding carboxylic acids is 3. The van der Waals surface area contributed by atoms with Crippen molar-refractivity contribution in [3.05, 3.63) is 24.3 Å². The molecule has 202 valence electrons. The molecular weight excluding hydrogens is 542 g/mol. The third-order valence-electron chi connectivity index (χ3n) is 8.40. The van der Waals surface area contributed by atoms with Gasteiger partial charge >= 0.3 is 0 Å². The van der Waals surface area contributed by atoms with Gasteiger partial charge in [0, 0.05) is 16.6 Å². The number of alkyl halides is 1. The Morgan fingerprint density at radius 3 is 2.57 bits per heavy atom. The number of likely N-dealkylation sites (tertiary alicyclic amines) is 1. The molecule has 9 nitrogen and oxygen atoms in total. The Bertz CT molecular complexity index is 1030. The molecule has 0 radical (unpaired) electrons. The van der Waals surface area contributed by atoms with Gasteiger partial charge in [-0.2, -0.15) is 0 Å². The largest absolute Gasteiger partial charge is 0.494 e. The summed E-state index contributed by atoms with van der Waals surface area (Å²) in [7, 11) is 0. The highest BCUT2D eigenvalue weighted by molar-refractivity contribution is 9.09. The van der Waals surface area contributed by atoms with Gasteiger partial charge < -0.3 is 30.1 Å². The van der Waals surface area contributed by atoms with E-state index in [4.69, 9.17) is 9.47 Å². The minimum Gasteiger partial charge on any atom is -0.494 e. The number of aliphatic hydroxyl groups excluding tert-OH is 1. The summed E-state index contributed by atoms with van der Waals surface area (Å²) in [5, 5.41) is 16.1. The van der Waals surface area contributed by atoms with Gasteiger partial charge in [-0.1, -0.05) is 35.2 Å². The van der Waals surface area contributed by atoms with Gasteiger partial charge in [0.25, 0.3) is 0 Å². The van der Waals surface area contributed by atoms with Gasteiger partial charge in [0.1, 0.15) is 17.4 Å². The Kier molecular flexibility index (Phi) is 7.53. The predicted molar refractivity (Wildman–Crippen MR) is 140 cm³/mol. The summed E-state index contributed by atoms with van der Waals surface area (Å²) in [6.45, 7) is 3.89. The number of halogens is 1. The Morgan fingerprint density at radius 1 is 1.22 bits per heavy atom. The third kappa shape index (κ3) is 4.55. The molecule has 1 aliphatic carbocycles. The van der Waals surface area contributed by atoms with Gasteiger partial charge in [0.05, 0.1) is 37.2 Å². The lowest BCUT2D eigenvalue weighted by Gasteiger charge is -2.37. The molecule has 2 bridgehead atoms. The van der Waals surface area contributed by atoms with Gasteiger partial charge in [0.15, 0.2) is 0 Å². The number of amides is 3. The fourth-order valence-corrected chi connectivity index (χ4v) is 7.73. The van der Waals surface area contributed by atoms with E-state index in [1.807, 2.05) is 6.92 Å². The molecule has 3 aliphatic heterocycles. The van der Waals surface area contributed by atoms with E-state index in [1.54, 1.807) is 31.2 Å². The second-order valence-electron chi connectivity index (χ2n) is 10.7. The van der Waals surface area contributed by atoms with E-state index in [2.05, 4.69) is 26.6 Å². The summed E-state index contributed by atoms with van der Waals surface area (Å²) in [5.74, 6) is -1.74. The van der Waals surface area contributed by atoms with E-state index in [1.165, 1.54) is 4.90 Å². The lowest BCUT2D eigenvalue weighted by Crippen LogP contribution is -2.59. The lowest BCUT2D eigenvalue weighted by atomic mass is 9.70. The number of hydrogen-bond donors (Lipinski definition) is 3. The molecule has 5 rings (SSSR count). The molecule has 3 saturated heterocycles. The van der Waals surface area contributed by atoms with Crippen LogP contribution in [-0.2, 0) is 19.1 Å². The summed E-state index contributed by atoms with van der Waals surface area (Å²) < 4.78 is 12.0. The summed E-state index contributed by atoms with van der Waals surface area (Å²) in [4.78, 5) is 42.6. The van der Waals surface area contributed by atoms with Crippen LogP contribution in [0.1, 0.15) is 52.4 Å². The van der Waals surface area contributed by atoms with Crippen LogP contribution >= 0.6 is 15.9 Å². The SMILES string of the molecule is CCOc1ccc(NC(=O)[C@H]2[C@H]3C(=O)N([C@H](C)CO)C(C(=O)NC4CCCCC4)C34CC(Br)[C@@H]2O4)cc1. The van der Waals surface area contributed by atoms with Crippen LogP contribution in [0, 0.1) is 11.8 Å². The minimum absolute atomic E-state index is 0.0650. The van der Waals surface area contributed by atoms with Crippen LogP contribution in [0.5, 0.6) is 5.75 Å². The molecule has 4 aliphatic rings. The maximum Gasteiger partial charge on any atom is 0.246 e. The number of aliphatic hydroxyl groups is 1. The van der Waals surface area contributed by atoms with E-state index in [9.17, 15) is 19.5 Å². The number of fused-ring (bicyclic) bond motifs is 1. The Balaban J connectivity index is 1.43. The molecule has 0 aromatic heterocycles. The molecule has 1 spiro atoms. The van der Waals surface area contributed by atoms with E-state index in [0.29, 0.717) is 24.5 Å². The maximum absolute atomic E-state index is 13.9. The molecule has 3 amide bonds. The zero-order chi connectivity index (χ0) is 26.3. The standard InChI is InChI=1S/C27H36BrN3O6/c1-3-36-18-11-9-17(10-12-18)29-24(33)20-21-26(35)31(15(2)14-32)23(27(21)13-19(28)22(20)37-27)25(34)30-16-7-5-4-6-8-16/h9-12,15-16,19-23,32H,3-8,13-14H2,1-2H3,(H,29,33)(H,30,34)/t15-,19?,20+,21+,22+,23?,27?/m1/s1. The quantitative estimate of drug-likeness (QED) is 0.409. The fourth-order valence-electron chi connectivity index (χ4n) is 6.78. The highest BCUT2D eigenvalue weighted by atomic mass is 79.9. The second kappa shape index (κ2) is 10.5. The fraction of sp³-hybridized carbons (Fsp3) is 0.667. The van der Waals surface area contributed by atoms with Gasteiger partial charge in [-0.05, 0) is 57.4 Å². The van der Waals surface area contributed by atoms with Crippen molar-refractivity contribution in [1.29, 1.82) is 0 Å². The number of ether oxygens (including phenoxy) is 2. The average molecular weight is 579 g/mol. The number of benzene rings is 1. The van der Waals surface area contributed by atoms with Gasteiger partial charge in [-0.3, -0.25) is 14.4 Å². The van der Waals surface area contributed by atoms with Crippen molar-refractivity contribution in [2.45, 2.75) is 87.0 Å². The molecule has 37 heavy (non-hydrogen) atoms. The molecule has 3 unspecified atom stereocenters. The number of anilines is 1. The number of rotatable bonds is 8. The lowest BCUT2D eigenvalue weighted by molar-refractivity contribution is -0.145. The molecule has 4 fully saturated rings. The normalized spacial score (nSPS) is 33.8. The highest BCUT2D eigenvalue weighted by Gasteiger charge is 2.76. The summed E-state index contributed by atoms with van der Waals surface area (Å²) in [5.41, 5.74) is -0.534. The summed E-state index contributed by atoms with van der Waals surface area (Å²) in [6.07, 6.45) is 5.02. The third-order valence-corrected chi connectivity index (χ3v) is 9.25. The van der Waals surface area contributed by atoms with Crippen LogP contribution in [-0.4, -0.2) is 75.6 Å². The first-order valence-electron chi connectivity index (χ1n) is 13.4. The van der Waals surface area contributed by atoms with Crippen LogP contribution in [0.2, 0.25) is 0 Å². The van der Waals surface area contributed by atoms with E-state index in [0.717, 1.165) is 32.1 Å². The number of nitrogens with one attached hydrogen (secondary N) is 2. The molecule has 10 heteroatoms. The molecule has 1 saturated carbocycles. The molecule has 1 aromatic rings. The number of nitrogens with zero attached hydrogens (tertiary/aromatic N) is 1. The first-order valence-corrected chi connectivity index (χ1v) is 14.3. The van der Waals surface area contributed by atoms with Crippen molar-refractivity contribution in [3.8, 4) is 5.75 Å². The molecule has 1 aromatic carbocycles. The van der Waals surface area contributed by atoms with Crippen LogP contribution in [0.25, 0.3) is 0 Å². The molecule has 3 heterocycles. The van der Waals surface area contributed by atoms with E-state index < -0.39 is 35.6 Å². The molecule has 3 N–H and O–H groups in total. The van der Waals surface area contributed by atoms with Crippen molar-refractivity contribution in [2.24, 2.45) is 11.8 Å². The van der Waals surface area contributed by atoms with Crippen LogP contribution < -0.4 is 15.4 Å². The Hall–Kier alpha value is -2.17. The van der Waals surface area contributed by atoms with Crippen LogP contribution in [0.3, 0.4) is 0 Å². The zero-order valence-electron chi connectivity index (χ0n) is 21.3. The van der Waals surface area contributed by atoms with Gasteiger partial charge in [-0.25, -0.2) is 0 Å². The molecule has 7 atom stereocenters. The highest BCUT2D eigenvalue weighted by Crippen LogP contribution is 2.60. The topological polar surface area (TPSA) is 117 Å². The summed E-state index contributed by atoms with van der Waals surface area (Å²) in [6, 6.07) is 5.66. The van der Waals surface area contributed by atoms with E-state index in [-0.39, 0.29) is 35.2 Å². The van der Waals surface area contributed by atoms with Gasteiger partial charge in [0.2, 0.25) is 17.7 Å². The Labute approximate surface area is 225 Å². The van der Waals surface area contributed by atoms with Crippen molar-refractivity contribution in [3.63, 3.8) is 0 Å². The second-order valence-corrected chi connectivity index (χ2v) is 11.9. The van der Waals surface area contributed by atoms with Crippen molar-refractivity contribution >= 4 is 39.3 Å². The van der Waals surface area contributed by atoms with Crippen molar-refractivity contribution in [1.82, 2.24) is 10.2 Å². The van der Waals surface area contributed by atoms with Crippen LogP contribution in [0.15, 0.2) is 24.3 Å². The smallest absolute Gasteiger partial charge is 0.246 e. The van der Waals surface area contributed by atoms with Gasteiger partial charge in [-0.15, -0.1) is 0 Å². The first kappa shape index (κ1) is 26.4. The Morgan fingerprint density at radius 2 is 1.92 bits per heavy atom. The number of hydrogen-bond acceptors (Lipinski definition) is 6. The van der Waals surface area contributed by atoms with Crippen molar-refractivity contribution in [2.75, 3.05) is 18.5 Å². The maximum atomic E-state index is 13.9. The van der Waals surface area contributed by atoms with Crippen molar-refractivity contribution < 1.29 is 29.0 Å². The minimum atomic E-state index is -1.13. The molecular formula is C27H36BrN3O6. The predicted octanol–water partition coefficient (Wildman–Crippen LogP) is 2.60. The first-order chi connectivity index (χ1) is 17.8. The zero-order valence-corrected chi connectivity index (χ0v) is 22.9. The van der Waals surface area contributed by atoms with E-state index >= 15 is 0 Å². The summed E-state index contributed by atoms with van der Waals surface area (Å²) >= 11 is 3.68. The number of carbonyl (C=O) groups is 3. The monoisotopic (exact) mass is 577 g/mol.